The summed E-state index contributed by atoms with van der Waals surface area (Å²) in [4.78, 5) is 29.2. The minimum Gasteiger partial charge on any atom is -0.460 e. The number of ether oxygens (including phenoxy) is 1. The van der Waals surface area contributed by atoms with Gasteiger partial charge in [0.25, 0.3) is 0 Å². The highest BCUT2D eigenvalue weighted by molar-refractivity contribution is 5.95. The van der Waals surface area contributed by atoms with E-state index < -0.39 is 17.3 Å². The average Bonchev–Trinajstić information content (AvgIpc) is 2.90. The molecular formula is C31H37F3N2O3. The summed E-state index contributed by atoms with van der Waals surface area (Å²) in [5.74, 6) is -0.810. The molecule has 8 heteroatoms. The molecule has 5 nitrogen and oxygen atoms in total. The first-order valence-corrected chi connectivity index (χ1v) is 13.7. The number of benzene rings is 2. The molecule has 2 aromatic rings. The molecule has 0 aliphatic carbocycles. The maximum atomic E-state index is 14.2. The van der Waals surface area contributed by atoms with Gasteiger partial charge in [-0.25, -0.2) is 0 Å². The normalized spacial score (nSPS) is 17.5. The van der Waals surface area contributed by atoms with Crippen molar-refractivity contribution in [1.29, 1.82) is 0 Å². The summed E-state index contributed by atoms with van der Waals surface area (Å²) < 4.78 is 48.2. The smallest absolute Gasteiger partial charge is 0.417 e. The predicted molar refractivity (Wildman–Crippen MR) is 147 cm³/mol. The second-order valence-corrected chi connectivity index (χ2v) is 11.3. The predicted octanol–water partition coefficient (Wildman–Crippen LogP) is 6.96. The summed E-state index contributed by atoms with van der Waals surface area (Å²) in [5, 5.41) is 0. The van der Waals surface area contributed by atoms with Crippen LogP contribution in [0.15, 0.2) is 48.5 Å². The van der Waals surface area contributed by atoms with Crippen LogP contribution in [0.25, 0.3) is 17.2 Å². The van der Waals surface area contributed by atoms with Crippen LogP contribution in [0.1, 0.15) is 64.0 Å². The van der Waals surface area contributed by atoms with E-state index in [0.29, 0.717) is 37.1 Å². The fourth-order valence-corrected chi connectivity index (χ4v) is 5.33. The molecular weight excluding hydrogens is 505 g/mol. The van der Waals surface area contributed by atoms with Gasteiger partial charge in [-0.15, -0.1) is 0 Å². The second kappa shape index (κ2) is 11.8. The van der Waals surface area contributed by atoms with Gasteiger partial charge in [0.1, 0.15) is 5.60 Å². The summed E-state index contributed by atoms with van der Waals surface area (Å²) in [5.41, 5.74) is 0.420. The monoisotopic (exact) mass is 542 g/mol. The van der Waals surface area contributed by atoms with Crippen molar-refractivity contribution in [1.82, 2.24) is 4.90 Å². The number of likely N-dealkylation sites (tertiary alicyclic amines) is 1. The lowest BCUT2D eigenvalue weighted by Crippen LogP contribution is -2.41. The van der Waals surface area contributed by atoms with Crippen molar-refractivity contribution < 1.29 is 27.5 Å². The van der Waals surface area contributed by atoms with Gasteiger partial charge in [-0.2, -0.15) is 13.2 Å². The Bertz CT molecular complexity index is 1200. The maximum Gasteiger partial charge on any atom is 0.417 e. The number of para-hydroxylation sites is 1. The Morgan fingerprint density at radius 2 is 1.56 bits per heavy atom. The number of piperidine rings is 2. The molecule has 0 saturated carbocycles. The number of nitrogens with zero attached hydrogens (tertiary/aromatic N) is 2. The molecule has 2 saturated heterocycles. The maximum absolute atomic E-state index is 14.2. The molecule has 0 bridgehead atoms. The Hall–Kier alpha value is -3.29. The molecule has 1 amide bonds. The van der Waals surface area contributed by atoms with Crippen LogP contribution in [0.5, 0.6) is 0 Å². The Morgan fingerprint density at radius 3 is 2.21 bits per heavy atom. The van der Waals surface area contributed by atoms with Gasteiger partial charge < -0.3 is 14.5 Å². The van der Waals surface area contributed by atoms with Crippen LogP contribution in [-0.2, 0) is 20.5 Å². The largest absolute Gasteiger partial charge is 0.460 e. The van der Waals surface area contributed by atoms with Gasteiger partial charge in [0.05, 0.1) is 11.5 Å². The third kappa shape index (κ3) is 7.22. The van der Waals surface area contributed by atoms with Gasteiger partial charge in [0, 0.05) is 49.1 Å². The Labute approximate surface area is 228 Å². The summed E-state index contributed by atoms with van der Waals surface area (Å²) in [7, 11) is 0. The highest BCUT2D eigenvalue weighted by Crippen LogP contribution is 2.43. The number of alkyl halides is 3. The van der Waals surface area contributed by atoms with E-state index >= 15 is 0 Å². The standard InChI is InChI=1S/C31H37F3N2O3/c1-30(2,3)39-29(38)23-16-20-36(21-17-23)27(37)15-14-22-10-9-12-25(31(32,33)34)28(22)24-11-5-6-13-26(24)35-18-7-4-8-19-35/h5-6,9-15,23H,4,7-8,16-21H2,1-3H3/b15-14+. The Balaban J connectivity index is 1.58. The van der Waals surface area contributed by atoms with Crippen LogP contribution < -0.4 is 4.90 Å². The van der Waals surface area contributed by atoms with Crippen LogP contribution in [0.2, 0.25) is 0 Å². The van der Waals surface area contributed by atoms with Crippen LogP contribution in [0.3, 0.4) is 0 Å². The summed E-state index contributed by atoms with van der Waals surface area (Å²) in [6, 6.07) is 11.3. The zero-order valence-corrected chi connectivity index (χ0v) is 22.9. The number of carbonyl (C=O) groups is 2. The molecule has 2 aliphatic heterocycles. The number of amides is 1. The van der Waals surface area contributed by atoms with Gasteiger partial charge in [-0.1, -0.05) is 30.3 Å². The van der Waals surface area contributed by atoms with Crippen LogP contribution in [-0.4, -0.2) is 48.6 Å². The van der Waals surface area contributed by atoms with E-state index in [0.717, 1.165) is 44.1 Å². The van der Waals surface area contributed by atoms with E-state index in [-0.39, 0.29) is 23.4 Å². The molecule has 0 atom stereocenters. The number of rotatable bonds is 5. The highest BCUT2D eigenvalue weighted by Gasteiger charge is 2.35. The molecule has 2 fully saturated rings. The van der Waals surface area contributed by atoms with E-state index in [1.807, 2.05) is 32.9 Å². The summed E-state index contributed by atoms with van der Waals surface area (Å²) >= 11 is 0. The van der Waals surface area contributed by atoms with Crippen molar-refractivity contribution in [2.45, 2.75) is 64.7 Å². The van der Waals surface area contributed by atoms with Gasteiger partial charge in [-0.3, -0.25) is 9.59 Å². The number of esters is 1. The molecule has 0 unspecified atom stereocenters. The quantitative estimate of drug-likeness (QED) is 0.303. The zero-order valence-electron chi connectivity index (χ0n) is 22.9. The molecule has 0 spiro atoms. The molecule has 0 aromatic heterocycles. The van der Waals surface area contributed by atoms with E-state index in [9.17, 15) is 22.8 Å². The molecule has 2 aromatic carbocycles. The van der Waals surface area contributed by atoms with Crippen LogP contribution >= 0.6 is 0 Å². The number of halogens is 3. The Morgan fingerprint density at radius 1 is 0.897 bits per heavy atom. The minimum absolute atomic E-state index is 0.0823. The number of hydrogen-bond acceptors (Lipinski definition) is 4. The number of anilines is 1. The van der Waals surface area contributed by atoms with Gasteiger partial charge >= 0.3 is 12.1 Å². The lowest BCUT2D eigenvalue weighted by molar-refractivity contribution is -0.162. The van der Waals surface area contributed by atoms with Crippen molar-refractivity contribution in [2.75, 3.05) is 31.1 Å². The first kappa shape index (κ1) is 28.7. The van der Waals surface area contributed by atoms with E-state index in [1.165, 1.54) is 18.2 Å². The third-order valence-corrected chi connectivity index (χ3v) is 7.22. The van der Waals surface area contributed by atoms with Gasteiger partial charge in [-0.05, 0) is 76.6 Å². The summed E-state index contributed by atoms with van der Waals surface area (Å²) in [6.45, 7) is 7.84. The molecule has 210 valence electrons. The first-order chi connectivity index (χ1) is 18.4. The van der Waals surface area contributed by atoms with Gasteiger partial charge in [0.2, 0.25) is 5.91 Å². The third-order valence-electron chi connectivity index (χ3n) is 7.22. The molecule has 0 N–H and O–H groups in total. The molecule has 2 heterocycles. The van der Waals surface area contributed by atoms with E-state index in [4.69, 9.17) is 4.74 Å². The molecule has 0 radical (unpaired) electrons. The average molecular weight is 543 g/mol. The SMILES string of the molecule is CC(C)(C)OC(=O)C1CCN(C(=O)/C=C/c2cccc(C(F)(F)F)c2-c2ccccc2N2CCCCC2)CC1. The molecule has 2 aliphatic rings. The van der Waals surface area contributed by atoms with E-state index in [2.05, 4.69) is 4.90 Å². The van der Waals surface area contributed by atoms with E-state index in [1.54, 1.807) is 23.1 Å². The molecule has 4 rings (SSSR count). The van der Waals surface area contributed by atoms with Crippen molar-refractivity contribution in [2.24, 2.45) is 5.92 Å². The second-order valence-electron chi connectivity index (χ2n) is 11.3. The topological polar surface area (TPSA) is 49.9 Å². The zero-order chi connectivity index (χ0) is 28.2. The fraction of sp³-hybridized carbons (Fsp3) is 0.484. The number of carbonyl (C=O) groups excluding carboxylic acids is 2. The lowest BCUT2D eigenvalue weighted by Gasteiger charge is -2.32. The number of hydrogen-bond donors (Lipinski definition) is 0. The van der Waals surface area contributed by atoms with Crippen molar-refractivity contribution >= 4 is 23.6 Å². The van der Waals surface area contributed by atoms with Crippen LogP contribution in [0.4, 0.5) is 18.9 Å². The van der Waals surface area contributed by atoms with Gasteiger partial charge in [0.15, 0.2) is 0 Å². The lowest BCUT2D eigenvalue weighted by atomic mass is 9.91. The van der Waals surface area contributed by atoms with Crippen LogP contribution in [0, 0.1) is 5.92 Å². The fourth-order valence-electron chi connectivity index (χ4n) is 5.33. The first-order valence-electron chi connectivity index (χ1n) is 13.7. The Kier molecular flexibility index (Phi) is 8.72. The van der Waals surface area contributed by atoms with Crippen molar-refractivity contribution in [3.05, 3.63) is 59.7 Å². The van der Waals surface area contributed by atoms with Crippen molar-refractivity contribution in [3.63, 3.8) is 0 Å². The van der Waals surface area contributed by atoms with Crippen molar-refractivity contribution in [3.8, 4) is 11.1 Å². The summed E-state index contributed by atoms with van der Waals surface area (Å²) in [6.07, 6.45) is 2.38. The highest BCUT2D eigenvalue weighted by atomic mass is 19.4. The molecule has 39 heavy (non-hydrogen) atoms. The minimum atomic E-state index is -4.55.